The summed E-state index contributed by atoms with van der Waals surface area (Å²) >= 11 is 0. The lowest BCUT2D eigenvalue weighted by Crippen LogP contribution is -2.61. The Labute approximate surface area is 293 Å². The molecule has 4 unspecified atom stereocenters. The standard InChI is InChI=1S/C45H33N3O3/c1-2-10-26(11-3-1)43-46-44(28-21-23-39-36(24-28)31-13-5-6-18-37(31)49-39)48-45(47-43)35-17-9-16-34-32-22-20-27(25-40(32)51-42(34)35)29-14-8-15-33-30-12-4-7-19-38(30)50-41(29)33/h1-10,12-26,43-48H,11H2. The van der Waals surface area contributed by atoms with Crippen molar-refractivity contribution in [2.45, 2.75) is 24.9 Å². The molecule has 1 fully saturated rings. The largest absolute Gasteiger partial charge is 0.456 e. The molecule has 0 radical (unpaired) electrons. The fraction of sp³-hybridized carbons (Fsp3) is 0.111. The molecule has 9 aromatic rings. The van der Waals surface area contributed by atoms with Crippen molar-refractivity contribution in [3.8, 4) is 11.1 Å². The molecule has 1 aliphatic heterocycles. The third-order valence-corrected chi connectivity index (χ3v) is 10.8. The molecular weight excluding hydrogens is 631 g/mol. The molecule has 3 aromatic heterocycles. The Morgan fingerprint density at radius 3 is 2.06 bits per heavy atom. The van der Waals surface area contributed by atoms with Crippen molar-refractivity contribution in [1.82, 2.24) is 16.0 Å². The van der Waals surface area contributed by atoms with E-state index in [9.17, 15) is 0 Å². The number of benzene rings is 6. The van der Waals surface area contributed by atoms with Crippen LogP contribution in [0.2, 0.25) is 0 Å². The van der Waals surface area contributed by atoms with E-state index in [0.717, 1.165) is 94.5 Å². The molecule has 0 spiro atoms. The Balaban J connectivity index is 1.01. The quantitative estimate of drug-likeness (QED) is 0.174. The van der Waals surface area contributed by atoms with Crippen LogP contribution in [-0.2, 0) is 0 Å². The van der Waals surface area contributed by atoms with E-state index in [-0.39, 0.29) is 18.5 Å². The number of fused-ring (bicyclic) bond motifs is 9. The van der Waals surface area contributed by atoms with Gasteiger partial charge < -0.3 is 13.3 Å². The number of para-hydroxylation sites is 4. The van der Waals surface area contributed by atoms with Crippen molar-refractivity contribution < 1.29 is 13.3 Å². The third kappa shape index (κ3) is 4.61. The Morgan fingerprint density at radius 2 is 1.20 bits per heavy atom. The first-order valence-electron chi connectivity index (χ1n) is 17.6. The number of allylic oxidation sites excluding steroid dienone is 3. The zero-order chi connectivity index (χ0) is 33.5. The van der Waals surface area contributed by atoms with Crippen molar-refractivity contribution in [1.29, 1.82) is 0 Å². The van der Waals surface area contributed by atoms with Gasteiger partial charge in [0.15, 0.2) is 0 Å². The van der Waals surface area contributed by atoms with Gasteiger partial charge in [0.1, 0.15) is 33.5 Å². The Bertz CT molecular complexity index is 2870. The monoisotopic (exact) mass is 663 g/mol. The molecule has 6 aromatic carbocycles. The number of hydrogen-bond donors (Lipinski definition) is 3. The lowest BCUT2D eigenvalue weighted by Gasteiger charge is -2.42. The first kappa shape index (κ1) is 28.9. The van der Waals surface area contributed by atoms with Crippen LogP contribution in [0.1, 0.15) is 29.9 Å². The normalized spacial score (nSPS) is 20.9. The summed E-state index contributed by atoms with van der Waals surface area (Å²) in [6, 6.07) is 42.3. The molecule has 1 saturated heterocycles. The third-order valence-electron chi connectivity index (χ3n) is 10.8. The van der Waals surface area contributed by atoms with Gasteiger partial charge in [-0.25, -0.2) is 0 Å². The number of rotatable bonds is 4. The van der Waals surface area contributed by atoms with E-state index in [0.29, 0.717) is 5.92 Å². The minimum Gasteiger partial charge on any atom is -0.456 e. The average molecular weight is 664 g/mol. The minimum atomic E-state index is -0.176. The second-order valence-electron chi connectivity index (χ2n) is 13.7. The highest BCUT2D eigenvalue weighted by Crippen LogP contribution is 2.40. The van der Waals surface area contributed by atoms with Crippen LogP contribution in [0, 0.1) is 5.92 Å². The molecule has 11 rings (SSSR count). The lowest BCUT2D eigenvalue weighted by atomic mass is 9.94. The van der Waals surface area contributed by atoms with Crippen LogP contribution in [0.25, 0.3) is 76.9 Å². The van der Waals surface area contributed by atoms with Crippen LogP contribution in [0.5, 0.6) is 0 Å². The zero-order valence-electron chi connectivity index (χ0n) is 27.6. The van der Waals surface area contributed by atoms with Crippen LogP contribution in [0.4, 0.5) is 0 Å². The molecular formula is C45H33N3O3. The second-order valence-corrected chi connectivity index (χ2v) is 13.7. The summed E-state index contributed by atoms with van der Waals surface area (Å²) in [5.41, 5.74) is 9.66. The summed E-state index contributed by atoms with van der Waals surface area (Å²) in [4.78, 5) is 0. The van der Waals surface area contributed by atoms with E-state index < -0.39 is 0 Å². The number of furan rings is 3. The van der Waals surface area contributed by atoms with E-state index in [1.165, 1.54) is 0 Å². The smallest absolute Gasteiger partial charge is 0.143 e. The highest BCUT2D eigenvalue weighted by molar-refractivity contribution is 6.11. The second kappa shape index (κ2) is 11.3. The van der Waals surface area contributed by atoms with Crippen LogP contribution in [0.3, 0.4) is 0 Å². The molecule has 3 N–H and O–H groups in total. The Morgan fingerprint density at radius 1 is 0.490 bits per heavy atom. The summed E-state index contributed by atoms with van der Waals surface area (Å²) in [7, 11) is 0. The maximum Gasteiger partial charge on any atom is 0.143 e. The average Bonchev–Trinajstić information content (AvgIpc) is 3.88. The van der Waals surface area contributed by atoms with Crippen molar-refractivity contribution in [3.63, 3.8) is 0 Å². The Kier molecular flexibility index (Phi) is 6.40. The zero-order valence-corrected chi connectivity index (χ0v) is 27.6. The molecule has 51 heavy (non-hydrogen) atoms. The van der Waals surface area contributed by atoms with Crippen molar-refractivity contribution >= 4 is 65.8 Å². The molecule has 6 nitrogen and oxygen atoms in total. The van der Waals surface area contributed by atoms with E-state index in [1.54, 1.807) is 0 Å². The molecule has 0 bridgehead atoms. The first-order valence-corrected chi connectivity index (χ1v) is 17.6. The molecule has 4 atom stereocenters. The summed E-state index contributed by atoms with van der Waals surface area (Å²) in [6.45, 7) is 0. The van der Waals surface area contributed by atoms with E-state index >= 15 is 0 Å². The molecule has 6 heteroatoms. The van der Waals surface area contributed by atoms with Gasteiger partial charge in [-0.15, -0.1) is 0 Å². The predicted octanol–water partition coefficient (Wildman–Crippen LogP) is 11.0. The number of nitrogens with one attached hydrogen (secondary N) is 3. The molecule has 0 saturated carbocycles. The van der Waals surface area contributed by atoms with Crippen molar-refractivity contribution in [2.24, 2.45) is 5.92 Å². The fourth-order valence-corrected chi connectivity index (χ4v) is 8.25. The molecule has 4 heterocycles. The van der Waals surface area contributed by atoms with E-state index in [2.05, 4.69) is 137 Å². The highest BCUT2D eigenvalue weighted by atomic mass is 16.3. The molecule has 1 aliphatic carbocycles. The molecule has 246 valence electrons. The van der Waals surface area contributed by atoms with Crippen LogP contribution in [-0.4, -0.2) is 6.17 Å². The van der Waals surface area contributed by atoms with Gasteiger partial charge in [-0.2, -0.15) is 0 Å². The van der Waals surface area contributed by atoms with Gasteiger partial charge >= 0.3 is 0 Å². The SMILES string of the molecule is C1=CCC(C2NC(c3ccc4oc5ccccc5c4c3)NC(c3cccc4c3oc3cc(-c5cccc6c5oc5ccccc56)ccc34)N2)C=C1. The van der Waals surface area contributed by atoms with Gasteiger partial charge in [0, 0.05) is 49.4 Å². The molecule has 0 amide bonds. The summed E-state index contributed by atoms with van der Waals surface area (Å²) in [5.74, 6) is 0.291. The molecule has 2 aliphatic rings. The first-order chi connectivity index (χ1) is 25.2. The topological polar surface area (TPSA) is 75.5 Å². The maximum atomic E-state index is 6.82. The number of hydrogen-bond acceptors (Lipinski definition) is 6. The van der Waals surface area contributed by atoms with Gasteiger partial charge in [0.25, 0.3) is 0 Å². The Hall–Kier alpha value is -5.92. The van der Waals surface area contributed by atoms with Crippen LogP contribution >= 0.6 is 0 Å². The van der Waals surface area contributed by atoms with Crippen molar-refractivity contribution in [3.05, 3.63) is 157 Å². The summed E-state index contributed by atoms with van der Waals surface area (Å²) < 4.78 is 19.4. The van der Waals surface area contributed by atoms with Gasteiger partial charge in [-0.1, -0.05) is 109 Å². The van der Waals surface area contributed by atoms with E-state index in [4.69, 9.17) is 13.3 Å². The highest BCUT2D eigenvalue weighted by Gasteiger charge is 2.34. The fourth-order valence-electron chi connectivity index (χ4n) is 8.25. The minimum absolute atomic E-state index is 0.0229. The van der Waals surface area contributed by atoms with Crippen LogP contribution < -0.4 is 16.0 Å². The van der Waals surface area contributed by atoms with Crippen LogP contribution in [0.15, 0.2) is 159 Å². The van der Waals surface area contributed by atoms with E-state index in [1.807, 2.05) is 24.3 Å². The van der Waals surface area contributed by atoms with Crippen molar-refractivity contribution in [2.75, 3.05) is 0 Å². The lowest BCUT2D eigenvalue weighted by molar-refractivity contribution is 0.171. The van der Waals surface area contributed by atoms with Gasteiger partial charge in [-0.05, 0) is 53.9 Å². The van der Waals surface area contributed by atoms with Gasteiger partial charge in [0.05, 0.1) is 18.5 Å². The van der Waals surface area contributed by atoms with Gasteiger partial charge in [0.2, 0.25) is 0 Å². The predicted molar refractivity (Wildman–Crippen MR) is 205 cm³/mol. The summed E-state index contributed by atoms with van der Waals surface area (Å²) in [6.07, 6.45) is 9.51. The maximum absolute atomic E-state index is 6.82. The van der Waals surface area contributed by atoms with Gasteiger partial charge in [-0.3, -0.25) is 16.0 Å². The summed E-state index contributed by atoms with van der Waals surface area (Å²) in [5, 5.41) is 18.4.